The second kappa shape index (κ2) is 5.38. The van der Waals surface area contributed by atoms with Gasteiger partial charge in [0.2, 0.25) is 0 Å². The van der Waals surface area contributed by atoms with E-state index in [1.165, 1.54) is 0 Å². The maximum Gasteiger partial charge on any atom is 0.452 e. The number of ether oxygens (including phenoxy) is 1. The van der Waals surface area contributed by atoms with Crippen LogP contribution in [0, 0.1) is 0 Å². The van der Waals surface area contributed by atoms with Crippen molar-refractivity contribution >= 4 is 11.8 Å². The van der Waals surface area contributed by atoms with Crippen LogP contribution in [0.5, 0.6) is 0 Å². The number of amides is 1. The largest absolute Gasteiger partial charge is 0.452 e. The molecule has 1 aromatic rings. The summed E-state index contributed by atoms with van der Waals surface area (Å²) in [5.74, 6) is 0. The smallest absolute Gasteiger partial charge is 0.441 e. The molecule has 0 aliphatic rings. The third-order valence-electron chi connectivity index (χ3n) is 1.84. The van der Waals surface area contributed by atoms with E-state index < -0.39 is 23.4 Å². The maximum absolute atomic E-state index is 12.3. The zero-order valence-electron chi connectivity index (χ0n) is 10.7. The van der Waals surface area contributed by atoms with Crippen LogP contribution in [-0.2, 0) is 10.9 Å². The number of halogens is 3. The Morgan fingerprint density at radius 2 is 1.63 bits per heavy atom. The number of rotatable bonds is 1. The Labute approximate surface area is 108 Å². The van der Waals surface area contributed by atoms with E-state index in [-0.39, 0.29) is 5.69 Å². The Morgan fingerprint density at radius 1 is 1.11 bits per heavy atom. The summed E-state index contributed by atoms with van der Waals surface area (Å²) in [6.45, 7) is 5.00. The second-order valence-corrected chi connectivity index (χ2v) is 4.72. The standard InChI is InChI=1S/C12H13F3N2O2/c1-11(2,3)19-10(18)17-16-9-6-4-8(5-7-9)12(13,14)15/h4-7H,1-3H3. The van der Waals surface area contributed by atoms with E-state index in [4.69, 9.17) is 4.74 Å². The molecule has 0 N–H and O–H groups in total. The van der Waals surface area contributed by atoms with Crippen molar-refractivity contribution in [1.29, 1.82) is 0 Å². The molecule has 0 fully saturated rings. The van der Waals surface area contributed by atoms with Crippen molar-refractivity contribution in [1.82, 2.24) is 0 Å². The molecule has 0 heterocycles. The first kappa shape index (κ1) is 15.1. The fraction of sp³-hybridized carbons (Fsp3) is 0.417. The van der Waals surface area contributed by atoms with E-state index in [2.05, 4.69) is 10.2 Å². The summed E-state index contributed by atoms with van der Waals surface area (Å²) >= 11 is 0. The van der Waals surface area contributed by atoms with E-state index in [0.717, 1.165) is 24.3 Å². The molecule has 104 valence electrons. The number of azo groups is 1. The molecule has 0 unspecified atom stereocenters. The highest BCUT2D eigenvalue weighted by atomic mass is 19.4. The normalized spacial score (nSPS) is 12.7. The lowest BCUT2D eigenvalue weighted by Gasteiger charge is -2.16. The van der Waals surface area contributed by atoms with Gasteiger partial charge in [-0.3, -0.25) is 0 Å². The third kappa shape index (κ3) is 5.50. The number of benzene rings is 1. The summed E-state index contributed by atoms with van der Waals surface area (Å²) in [5.41, 5.74) is -1.35. The summed E-state index contributed by atoms with van der Waals surface area (Å²) in [6.07, 6.45) is -5.30. The second-order valence-electron chi connectivity index (χ2n) is 4.72. The van der Waals surface area contributed by atoms with Crippen LogP contribution in [0.1, 0.15) is 26.3 Å². The van der Waals surface area contributed by atoms with Gasteiger partial charge >= 0.3 is 12.3 Å². The highest BCUT2D eigenvalue weighted by molar-refractivity contribution is 5.68. The summed E-state index contributed by atoms with van der Waals surface area (Å²) in [6, 6.07) is 3.97. The van der Waals surface area contributed by atoms with Gasteiger partial charge in [-0.15, -0.1) is 5.11 Å². The van der Waals surface area contributed by atoms with Gasteiger partial charge < -0.3 is 4.74 Å². The molecule has 4 nitrogen and oxygen atoms in total. The van der Waals surface area contributed by atoms with Crippen LogP contribution in [-0.4, -0.2) is 11.7 Å². The van der Waals surface area contributed by atoms with Crippen molar-refractivity contribution < 1.29 is 22.7 Å². The average molecular weight is 274 g/mol. The Bertz CT molecular complexity index is 473. The molecule has 0 saturated carbocycles. The minimum atomic E-state index is -4.40. The fourth-order valence-corrected chi connectivity index (χ4v) is 1.10. The monoisotopic (exact) mass is 274 g/mol. The lowest BCUT2D eigenvalue weighted by molar-refractivity contribution is -0.137. The Morgan fingerprint density at radius 3 is 2.05 bits per heavy atom. The van der Waals surface area contributed by atoms with Crippen molar-refractivity contribution in [2.45, 2.75) is 32.5 Å². The highest BCUT2D eigenvalue weighted by Crippen LogP contribution is 2.30. The van der Waals surface area contributed by atoms with Gasteiger partial charge in [0.1, 0.15) is 5.60 Å². The topological polar surface area (TPSA) is 51.0 Å². The zero-order chi connectivity index (χ0) is 14.7. The molecule has 19 heavy (non-hydrogen) atoms. The van der Waals surface area contributed by atoms with Gasteiger partial charge in [0.05, 0.1) is 11.3 Å². The number of hydrogen-bond acceptors (Lipinski definition) is 3. The number of carbonyl (C=O) groups excluding carboxylic acids is 1. The predicted octanol–water partition coefficient (Wildman–Crippen LogP) is 4.72. The van der Waals surface area contributed by atoms with Crippen LogP contribution in [0.2, 0.25) is 0 Å². The Hall–Kier alpha value is -1.92. The lowest BCUT2D eigenvalue weighted by Crippen LogP contribution is -2.21. The minimum Gasteiger partial charge on any atom is -0.441 e. The summed E-state index contributed by atoms with van der Waals surface area (Å²) < 4.78 is 41.7. The van der Waals surface area contributed by atoms with Crippen molar-refractivity contribution in [2.24, 2.45) is 10.2 Å². The first-order valence-electron chi connectivity index (χ1n) is 5.40. The molecule has 0 aliphatic heterocycles. The molecule has 0 saturated heterocycles. The van der Waals surface area contributed by atoms with Gasteiger partial charge in [0, 0.05) is 0 Å². The van der Waals surface area contributed by atoms with Crippen LogP contribution >= 0.6 is 0 Å². The molecule has 1 rings (SSSR count). The Balaban J connectivity index is 2.71. The van der Waals surface area contributed by atoms with Crippen LogP contribution in [0.3, 0.4) is 0 Å². The molecule has 0 radical (unpaired) electrons. The van der Waals surface area contributed by atoms with Gasteiger partial charge in [-0.25, -0.2) is 4.79 Å². The van der Waals surface area contributed by atoms with E-state index in [1.54, 1.807) is 20.8 Å². The summed E-state index contributed by atoms with van der Waals surface area (Å²) in [7, 11) is 0. The predicted molar refractivity (Wildman–Crippen MR) is 62.2 cm³/mol. The number of alkyl halides is 3. The molecule has 0 spiro atoms. The molecule has 0 aliphatic carbocycles. The van der Waals surface area contributed by atoms with Gasteiger partial charge in [0.25, 0.3) is 0 Å². The molecule has 0 aromatic heterocycles. The molecule has 7 heteroatoms. The van der Waals surface area contributed by atoms with E-state index in [9.17, 15) is 18.0 Å². The maximum atomic E-state index is 12.3. The molecule has 0 atom stereocenters. The highest BCUT2D eigenvalue weighted by Gasteiger charge is 2.29. The molecular weight excluding hydrogens is 261 g/mol. The first-order chi connectivity index (χ1) is 8.58. The summed E-state index contributed by atoms with van der Waals surface area (Å²) in [5, 5.41) is 6.75. The number of carbonyl (C=O) groups is 1. The molecule has 1 amide bonds. The Kier molecular flexibility index (Phi) is 4.28. The van der Waals surface area contributed by atoms with Gasteiger partial charge in [-0.2, -0.15) is 13.2 Å². The van der Waals surface area contributed by atoms with E-state index in [0.29, 0.717) is 0 Å². The summed E-state index contributed by atoms with van der Waals surface area (Å²) in [4.78, 5) is 11.2. The molecular formula is C12H13F3N2O2. The van der Waals surface area contributed by atoms with Gasteiger partial charge in [-0.05, 0) is 45.0 Å². The first-order valence-corrected chi connectivity index (χ1v) is 5.40. The van der Waals surface area contributed by atoms with Gasteiger partial charge in [0.15, 0.2) is 0 Å². The van der Waals surface area contributed by atoms with Crippen LogP contribution in [0.4, 0.5) is 23.7 Å². The van der Waals surface area contributed by atoms with Crippen LogP contribution in [0.15, 0.2) is 34.5 Å². The molecule has 1 aromatic carbocycles. The van der Waals surface area contributed by atoms with E-state index >= 15 is 0 Å². The minimum absolute atomic E-state index is 0.138. The number of hydrogen-bond donors (Lipinski definition) is 0. The average Bonchev–Trinajstić information content (AvgIpc) is 2.23. The lowest BCUT2D eigenvalue weighted by atomic mass is 10.2. The zero-order valence-corrected chi connectivity index (χ0v) is 10.7. The van der Waals surface area contributed by atoms with Crippen molar-refractivity contribution in [3.8, 4) is 0 Å². The fourth-order valence-electron chi connectivity index (χ4n) is 1.10. The van der Waals surface area contributed by atoms with E-state index in [1.807, 2.05) is 0 Å². The third-order valence-corrected chi connectivity index (χ3v) is 1.84. The van der Waals surface area contributed by atoms with Crippen LogP contribution in [0.25, 0.3) is 0 Å². The number of nitrogens with zero attached hydrogens (tertiary/aromatic N) is 2. The SMILES string of the molecule is CC(C)(C)OC(=O)N=Nc1ccc(C(F)(F)F)cc1. The van der Waals surface area contributed by atoms with Crippen LogP contribution < -0.4 is 0 Å². The molecule has 0 bridgehead atoms. The van der Waals surface area contributed by atoms with Crippen molar-refractivity contribution in [3.63, 3.8) is 0 Å². The van der Waals surface area contributed by atoms with Crippen molar-refractivity contribution in [3.05, 3.63) is 29.8 Å². The van der Waals surface area contributed by atoms with Gasteiger partial charge in [-0.1, -0.05) is 5.11 Å². The quantitative estimate of drug-likeness (QED) is 0.695. The van der Waals surface area contributed by atoms with Crippen molar-refractivity contribution in [2.75, 3.05) is 0 Å².